The molecule has 0 saturated heterocycles. The van der Waals surface area contributed by atoms with Crippen LogP contribution < -0.4 is 4.90 Å². The molecule has 0 amide bonds. The fraction of sp³-hybridized carbons (Fsp3) is 0.467. The number of benzene rings is 1. The average molecular weight is 217 g/mol. The lowest BCUT2D eigenvalue weighted by Gasteiger charge is -2.38. The van der Waals surface area contributed by atoms with E-state index in [4.69, 9.17) is 0 Å². The topological polar surface area (TPSA) is 3.24 Å². The molecule has 0 unspecified atom stereocenters. The molecule has 0 heterocycles. The van der Waals surface area contributed by atoms with Gasteiger partial charge in [-0.2, -0.15) is 0 Å². The van der Waals surface area contributed by atoms with E-state index in [2.05, 4.69) is 63.6 Å². The van der Waals surface area contributed by atoms with Gasteiger partial charge in [0.05, 0.1) is 0 Å². The smallest absolute Gasteiger partial charge is 0.0441 e. The van der Waals surface area contributed by atoms with Crippen molar-refractivity contribution >= 4 is 11.8 Å². The number of rotatable bonds is 5. The predicted molar refractivity (Wildman–Crippen MR) is 73.9 cm³/mol. The lowest BCUT2D eigenvalue weighted by Crippen LogP contribution is -2.41. The second-order valence-electron chi connectivity index (χ2n) is 4.88. The van der Waals surface area contributed by atoms with E-state index >= 15 is 0 Å². The summed E-state index contributed by atoms with van der Waals surface area (Å²) in [6.07, 6.45) is 4.32. The fourth-order valence-electron chi connectivity index (χ4n) is 2.07. The molecular weight excluding hydrogens is 194 g/mol. The van der Waals surface area contributed by atoms with Gasteiger partial charge in [-0.3, -0.25) is 0 Å². The van der Waals surface area contributed by atoms with E-state index in [0.29, 0.717) is 0 Å². The van der Waals surface area contributed by atoms with Crippen molar-refractivity contribution in [2.75, 3.05) is 11.9 Å². The Hall–Kier alpha value is -1.24. The van der Waals surface area contributed by atoms with Gasteiger partial charge in [-0.15, -0.1) is 0 Å². The van der Waals surface area contributed by atoms with E-state index in [1.165, 1.54) is 24.1 Å². The van der Waals surface area contributed by atoms with Crippen LogP contribution in [-0.4, -0.2) is 12.6 Å². The van der Waals surface area contributed by atoms with Crippen molar-refractivity contribution in [2.45, 2.75) is 39.2 Å². The van der Waals surface area contributed by atoms with E-state index in [1.807, 2.05) is 6.08 Å². The highest BCUT2D eigenvalue weighted by Gasteiger charge is 2.23. The summed E-state index contributed by atoms with van der Waals surface area (Å²) >= 11 is 0. The molecule has 0 aliphatic heterocycles. The maximum Gasteiger partial charge on any atom is 0.0441 e. The summed E-state index contributed by atoms with van der Waals surface area (Å²) in [6, 6.07) is 8.41. The highest BCUT2D eigenvalue weighted by Crippen LogP contribution is 2.29. The molecule has 0 N–H and O–H groups in total. The number of nitrogens with zero attached hydrogens (tertiary/aromatic N) is 1. The van der Waals surface area contributed by atoms with Gasteiger partial charge in [0.15, 0.2) is 0 Å². The summed E-state index contributed by atoms with van der Waals surface area (Å²) in [5.41, 5.74) is 2.65. The molecule has 1 aromatic rings. The van der Waals surface area contributed by atoms with Crippen LogP contribution in [0.4, 0.5) is 5.69 Å². The maximum atomic E-state index is 3.88. The summed E-state index contributed by atoms with van der Waals surface area (Å²) in [7, 11) is 2.16. The Labute approximate surface area is 99.8 Å². The van der Waals surface area contributed by atoms with Crippen molar-refractivity contribution in [2.24, 2.45) is 0 Å². The van der Waals surface area contributed by atoms with Crippen LogP contribution in [0.15, 0.2) is 30.8 Å². The number of hydrogen-bond donors (Lipinski definition) is 0. The lowest BCUT2D eigenvalue weighted by molar-refractivity contribution is 0.444. The Kier molecular flexibility index (Phi) is 4.17. The first kappa shape index (κ1) is 12.8. The third-order valence-electron chi connectivity index (χ3n) is 3.29. The first-order chi connectivity index (χ1) is 7.53. The Balaban J connectivity index is 3.03. The molecule has 0 spiro atoms. The largest absolute Gasteiger partial charge is 0.369 e. The second-order valence-corrected chi connectivity index (χ2v) is 4.88. The minimum atomic E-state index is 0.188. The van der Waals surface area contributed by atoms with Crippen LogP contribution in [0.3, 0.4) is 0 Å². The summed E-state index contributed by atoms with van der Waals surface area (Å²) in [4.78, 5) is 2.35. The van der Waals surface area contributed by atoms with Crippen molar-refractivity contribution in [1.82, 2.24) is 0 Å². The van der Waals surface area contributed by atoms with E-state index in [9.17, 15) is 0 Å². The molecule has 1 rings (SSSR count). The second kappa shape index (κ2) is 5.20. The van der Waals surface area contributed by atoms with Crippen LogP contribution in [0.2, 0.25) is 0 Å². The van der Waals surface area contributed by atoms with Crippen molar-refractivity contribution in [1.29, 1.82) is 0 Å². The van der Waals surface area contributed by atoms with Crippen LogP contribution in [-0.2, 0) is 0 Å². The molecule has 88 valence electrons. The van der Waals surface area contributed by atoms with E-state index in [-0.39, 0.29) is 5.54 Å². The monoisotopic (exact) mass is 217 g/mol. The molecular formula is C15H23N. The first-order valence-corrected chi connectivity index (χ1v) is 5.98. The Morgan fingerprint density at radius 3 is 2.50 bits per heavy atom. The van der Waals surface area contributed by atoms with Crippen LogP contribution in [0, 0.1) is 0 Å². The molecule has 0 atom stereocenters. The molecule has 0 aliphatic rings. The summed E-state index contributed by atoms with van der Waals surface area (Å²) < 4.78 is 0. The molecule has 0 fully saturated rings. The molecule has 1 nitrogen and oxygen atoms in total. The van der Waals surface area contributed by atoms with Crippen molar-refractivity contribution in [3.8, 4) is 0 Å². The standard InChI is InChI=1S/C15H23N/c1-6-12-15(3,4)16(5)14-11-9-8-10-13(14)7-2/h7-11H,2,6,12H2,1,3-5H3. The highest BCUT2D eigenvalue weighted by molar-refractivity contribution is 5.67. The maximum absolute atomic E-state index is 3.88. The minimum absolute atomic E-state index is 0.188. The van der Waals surface area contributed by atoms with Crippen LogP contribution >= 0.6 is 0 Å². The minimum Gasteiger partial charge on any atom is -0.369 e. The fourth-order valence-corrected chi connectivity index (χ4v) is 2.07. The zero-order valence-electron chi connectivity index (χ0n) is 11.0. The molecule has 0 aromatic heterocycles. The van der Waals surface area contributed by atoms with Crippen molar-refractivity contribution in [3.63, 3.8) is 0 Å². The average Bonchev–Trinajstić information content (AvgIpc) is 2.28. The molecule has 16 heavy (non-hydrogen) atoms. The van der Waals surface area contributed by atoms with E-state index < -0.39 is 0 Å². The Morgan fingerprint density at radius 1 is 1.31 bits per heavy atom. The number of para-hydroxylation sites is 1. The molecule has 0 saturated carbocycles. The molecule has 1 heteroatoms. The van der Waals surface area contributed by atoms with Gasteiger partial charge in [0.2, 0.25) is 0 Å². The molecule has 0 radical (unpaired) electrons. The third kappa shape index (κ3) is 2.66. The highest BCUT2D eigenvalue weighted by atomic mass is 15.2. The van der Waals surface area contributed by atoms with Gasteiger partial charge in [-0.1, -0.05) is 44.2 Å². The Morgan fingerprint density at radius 2 is 1.94 bits per heavy atom. The normalized spacial score (nSPS) is 11.2. The van der Waals surface area contributed by atoms with Gasteiger partial charge in [0.25, 0.3) is 0 Å². The Bertz CT molecular complexity index is 352. The van der Waals surface area contributed by atoms with Gasteiger partial charge in [0, 0.05) is 18.3 Å². The van der Waals surface area contributed by atoms with Crippen LogP contribution in [0.5, 0.6) is 0 Å². The number of anilines is 1. The lowest BCUT2D eigenvalue weighted by atomic mass is 9.95. The predicted octanol–water partition coefficient (Wildman–Crippen LogP) is 4.34. The number of hydrogen-bond acceptors (Lipinski definition) is 1. The quantitative estimate of drug-likeness (QED) is 0.709. The zero-order chi connectivity index (χ0) is 12.2. The van der Waals surface area contributed by atoms with Gasteiger partial charge >= 0.3 is 0 Å². The first-order valence-electron chi connectivity index (χ1n) is 5.98. The third-order valence-corrected chi connectivity index (χ3v) is 3.29. The van der Waals surface area contributed by atoms with Crippen LogP contribution in [0.1, 0.15) is 39.2 Å². The summed E-state index contributed by atoms with van der Waals surface area (Å²) in [5, 5.41) is 0. The van der Waals surface area contributed by atoms with Gasteiger partial charge < -0.3 is 4.90 Å². The van der Waals surface area contributed by atoms with Gasteiger partial charge in [0.1, 0.15) is 0 Å². The van der Waals surface area contributed by atoms with Crippen molar-refractivity contribution in [3.05, 3.63) is 36.4 Å². The van der Waals surface area contributed by atoms with Gasteiger partial charge in [-0.05, 0) is 31.9 Å². The van der Waals surface area contributed by atoms with E-state index in [0.717, 1.165) is 0 Å². The van der Waals surface area contributed by atoms with Crippen molar-refractivity contribution < 1.29 is 0 Å². The zero-order valence-corrected chi connectivity index (χ0v) is 11.0. The summed E-state index contributed by atoms with van der Waals surface area (Å²) in [5.74, 6) is 0. The molecule has 1 aromatic carbocycles. The van der Waals surface area contributed by atoms with Gasteiger partial charge in [-0.25, -0.2) is 0 Å². The molecule has 0 aliphatic carbocycles. The van der Waals surface area contributed by atoms with Crippen LogP contribution in [0.25, 0.3) is 6.08 Å². The SMILES string of the molecule is C=Cc1ccccc1N(C)C(C)(C)CCC. The summed E-state index contributed by atoms with van der Waals surface area (Å²) in [6.45, 7) is 10.7. The molecule has 0 bridgehead atoms. The van der Waals surface area contributed by atoms with E-state index in [1.54, 1.807) is 0 Å².